The van der Waals surface area contributed by atoms with Crippen LogP contribution >= 0.6 is 11.3 Å². The molecule has 3 N–H and O–H groups in total. The molecule has 1 aromatic heterocycles. The summed E-state index contributed by atoms with van der Waals surface area (Å²) in [5, 5.41) is 12.8. The molecule has 0 spiro atoms. The minimum absolute atomic E-state index is 0.0227. The molecule has 8 nitrogen and oxygen atoms in total. The molecule has 0 aliphatic carbocycles. The first-order valence-electron chi connectivity index (χ1n) is 10.3. The van der Waals surface area contributed by atoms with Gasteiger partial charge in [-0.1, -0.05) is 24.3 Å². The van der Waals surface area contributed by atoms with E-state index >= 15 is 0 Å². The van der Waals surface area contributed by atoms with Crippen molar-refractivity contribution in [1.29, 1.82) is 5.26 Å². The van der Waals surface area contributed by atoms with E-state index in [4.69, 9.17) is 5.73 Å². The molecule has 35 heavy (non-hydrogen) atoms. The van der Waals surface area contributed by atoms with E-state index in [-0.39, 0.29) is 26.2 Å². The van der Waals surface area contributed by atoms with Crippen LogP contribution < -0.4 is 25.8 Å². The third-order valence-corrected chi connectivity index (χ3v) is 6.53. The number of allylic oxidation sites excluding steroid dienone is 1. The molecule has 1 aliphatic rings. The third kappa shape index (κ3) is 4.37. The number of benzene rings is 2. The van der Waals surface area contributed by atoms with Crippen LogP contribution in [0, 0.1) is 24.1 Å². The van der Waals surface area contributed by atoms with Crippen LogP contribution in [-0.2, 0) is 14.3 Å². The lowest BCUT2D eigenvalue weighted by atomic mass is 9.83. The van der Waals surface area contributed by atoms with Gasteiger partial charge in [0.05, 0.1) is 30.2 Å². The van der Waals surface area contributed by atoms with Crippen molar-refractivity contribution in [3.63, 3.8) is 0 Å². The number of amides is 1. The Hall–Kier alpha value is -4.49. The molecular formula is C25H19FN4O4S. The summed E-state index contributed by atoms with van der Waals surface area (Å²) in [4.78, 5) is 38.6. The highest BCUT2D eigenvalue weighted by molar-refractivity contribution is 7.07. The summed E-state index contributed by atoms with van der Waals surface area (Å²) < 4.78 is 19.9. The maximum atomic E-state index is 14.2. The SMILES string of the molecule is COC(=O)/C=c1\sc2n(c1=O)C(N)=C(C#N)C(c1cccc(F)c1)C=2C(=O)Nc1cccc(C)c1. The number of methoxy groups -OCH3 is 1. The number of thiazole rings is 1. The molecule has 1 amide bonds. The number of aromatic nitrogens is 1. The number of nitriles is 1. The van der Waals surface area contributed by atoms with Crippen LogP contribution in [0.2, 0.25) is 0 Å². The number of nitrogens with one attached hydrogen (secondary N) is 1. The van der Waals surface area contributed by atoms with Gasteiger partial charge in [0.1, 0.15) is 20.8 Å². The van der Waals surface area contributed by atoms with Crippen molar-refractivity contribution in [3.05, 3.63) is 90.6 Å². The summed E-state index contributed by atoms with van der Waals surface area (Å²) in [6, 6.07) is 14.5. The van der Waals surface area contributed by atoms with Crippen molar-refractivity contribution in [2.24, 2.45) is 5.73 Å². The molecule has 10 heteroatoms. The second-order valence-electron chi connectivity index (χ2n) is 7.72. The maximum absolute atomic E-state index is 14.2. The number of anilines is 1. The molecule has 0 fully saturated rings. The number of halogens is 1. The Morgan fingerprint density at radius 1 is 1.26 bits per heavy atom. The Balaban J connectivity index is 2.06. The van der Waals surface area contributed by atoms with Crippen LogP contribution in [0.1, 0.15) is 17.0 Å². The fraction of sp³-hybridized carbons (Fsp3) is 0.120. The third-order valence-electron chi connectivity index (χ3n) is 5.42. The summed E-state index contributed by atoms with van der Waals surface area (Å²) >= 11 is 0.854. The molecule has 2 aromatic carbocycles. The molecule has 2 heterocycles. The highest BCUT2D eigenvalue weighted by Crippen LogP contribution is 2.36. The Morgan fingerprint density at radius 3 is 2.66 bits per heavy atom. The number of ether oxygens (including phenoxy) is 1. The highest BCUT2D eigenvalue weighted by Gasteiger charge is 2.35. The van der Waals surface area contributed by atoms with Crippen LogP contribution in [0.25, 0.3) is 17.5 Å². The Kier molecular flexibility index (Phi) is 6.36. The van der Waals surface area contributed by atoms with Crippen molar-refractivity contribution >= 4 is 46.4 Å². The standard InChI is InChI=1S/C25H19FN4O4S/c1-13-5-3-8-16(9-13)29-23(32)21-20(14-6-4-7-15(26)10-14)17(12-27)22(28)30-24(33)18(35-25(21)30)11-19(31)34-2/h3-11,20H,28H2,1-2H3,(H,29,32)/b18-11-. The largest absolute Gasteiger partial charge is 0.466 e. The van der Waals surface area contributed by atoms with E-state index < -0.39 is 29.2 Å². The average molecular weight is 491 g/mol. The van der Waals surface area contributed by atoms with Gasteiger partial charge in [-0.05, 0) is 42.3 Å². The number of nitrogens with zero attached hydrogens (tertiary/aromatic N) is 2. The summed E-state index contributed by atoms with van der Waals surface area (Å²) in [6.45, 7) is 1.86. The lowest BCUT2D eigenvalue weighted by molar-refractivity contribution is -0.133. The molecule has 1 atom stereocenters. The van der Waals surface area contributed by atoms with Crippen molar-refractivity contribution < 1.29 is 18.7 Å². The lowest BCUT2D eigenvalue weighted by Gasteiger charge is -2.25. The fourth-order valence-corrected chi connectivity index (χ4v) is 5.01. The zero-order chi connectivity index (χ0) is 25.3. The normalized spacial score (nSPS) is 15.4. The van der Waals surface area contributed by atoms with Crippen molar-refractivity contribution in [2.75, 3.05) is 12.4 Å². The first-order chi connectivity index (χ1) is 16.7. The lowest BCUT2D eigenvalue weighted by Crippen LogP contribution is -2.40. The first kappa shape index (κ1) is 23.7. The number of aryl methyl sites for hydroxylation is 1. The molecule has 0 saturated heterocycles. The van der Waals surface area contributed by atoms with Gasteiger partial charge in [-0.2, -0.15) is 5.26 Å². The van der Waals surface area contributed by atoms with Crippen molar-refractivity contribution in [1.82, 2.24) is 4.57 Å². The summed E-state index contributed by atoms with van der Waals surface area (Å²) in [6.07, 6.45) is 0.991. The smallest absolute Gasteiger partial charge is 0.332 e. The average Bonchev–Trinajstić information content (AvgIpc) is 3.14. The molecule has 176 valence electrons. The second-order valence-corrected chi connectivity index (χ2v) is 8.75. The summed E-state index contributed by atoms with van der Waals surface area (Å²) in [5.74, 6) is -3.19. The van der Waals surface area contributed by atoms with Gasteiger partial charge in [-0.25, -0.2) is 9.18 Å². The quantitative estimate of drug-likeness (QED) is 0.535. The van der Waals surface area contributed by atoms with E-state index in [9.17, 15) is 24.0 Å². The number of nitrogens with two attached hydrogens (primary N) is 1. The fourth-order valence-electron chi connectivity index (χ4n) is 3.87. The predicted octanol–water partition coefficient (Wildman–Crippen LogP) is 1.55. The second kappa shape index (κ2) is 9.40. The molecular weight excluding hydrogens is 471 g/mol. The number of esters is 1. The van der Waals surface area contributed by atoms with Crippen LogP contribution in [-0.4, -0.2) is 23.6 Å². The molecule has 1 unspecified atom stereocenters. The molecule has 0 saturated carbocycles. The van der Waals surface area contributed by atoms with Crippen LogP contribution in [0.4, 0.5) is 10.1 Å². The van der Waals surface area contributed by atoms with Gasteiger partial charge in [0.2, 0.25) is 0 Å². The van der Waals surface area contributed by atoms with Gasteiger partial charge in [0, 0.05) is 11.8 Å². The van der Waals surface area contributed by atoms with Gasteiger partial charge in [-0.3, -0.25) is 14.2 Å². The van der Waals surface area contributed by atoms with Gasteiger partial charge in [-0.15, -0.1) is 11.3 Å². The van der Waals surface area contributed by atoms with Gasteiger partial charge in [0.25, 0.3) is 11.5 Å². The van der Waals surface area contributed by atoms with Crippen LogP contribution in [0.3, 0.4) is 0 Å². The zero-order valence-electron chi connectivity index (χ0n) is 18.7. The monoisotopic (exact) mass is 490 g/mol. The molecule has 0 bridgehead atoms. The number of fused-ring (bicyclic) bond motifs is 1. The Labute approximate surface area is 202 Å². The molecule has 3 aromatic rings. The zero-order valence-corrected chi connectivity index (χ0v) is 19.5. The topological polar surface area (TPSA) is 127 Å². The van der Waals surface area contributed by atoms with E-state index in [2.05, 4.69) is 10.1 Å². The van der Waals surface area contributed by atoms with E-state index in [1.165, 1.54) is 25.3 Å². The van der Waals surface area contributed by atoms with Gasteiger partial charge >= 0.3 is 5.97 Å². The first-order valence-corrected chi connectivity index (χ1v) is 11.2. The van der Waals surface area contributed by atoms with Gasteiger partial charge in [0.15, 0.2) is 0 Å². The number of carbonyl (C=O) groups is 2. The summed E-state index contributed by atoms with van der Waals surface area (Å²) in [5.41, 5.74) is 7.19. The maximum Gasteiger partial charge on any atom is 0.332 e. The number of carbonyl (C=O) groups excluding carboxylic acids is 2. The van der Waals surface area contributed by atoms with E-state index in [1.54, 1.807) is 24.3 Å². The minimum Gasteiger partial charge on any atom is -0.466 e. The Morgan fingerprint density at radius 2 is 2.00 bits per heavy atom. The van der Waals surface area contributed by atoms with Crippen molar-refractivity contribution in [3.8, 4) is 6.07 Å². The van der Waals surface area contributed by atoms with Gasteiger partial charge < -0.3 is 15.8 Å². The van der Waals surface area contributed by atoms with Crippen LogP contribution in [0.5, 0.6) is 0 Å². The Bertz CT molecular complexity index is 1630. The van der Waals surface area contributed by atoms with E-state index in [0.717, 1.165) is 27.5 Å². The van der Waals surface area contributed by atoms with Crippen LogP contribution in [0.15, 0.2) is 58.9 Å². The number of hydrogen-bond acceptors (Lipinski definition) is 7. The highest BCUT2D eigenvalue weighted by atomic mass is 32.1. The number of rotatable bonds is 4. The summed E-state index contributed by atoms with van der Waals surface area (Å²) in [7, 11) is 1.17. The number of hydrogen-bond donors (Lipinski definition) is 2. The van der Waals surface area contributed by atoms with E-state index in [0.29, 0.717) is 11.3 Å². The van der Waals surface area contributed by atoms with Crippen molar-refractivity contribution in [2.45, 2.75) is 12.8 Å². The molecule has 0 radical (unpaired) electrons. The minimum atomic E-state index is -1.05. The molecule has 1 aliphatic heterocycles. The van der Waals surface area contributed by atoms with E-state index in [1.807, 2.05) is 19.1 Å². The predicted molar refractivity (Wildman–Crippen MR) is 130 cm³/mol. The molecule has 4 rings (SSSR count).